The summed E-state index contributed by atoms with van der Waals surface area (Å²) in [4.78, 5) is 44.7. The molecular weight excluding hydrogens is 282 g/mol. The number of hydrogen-bond acceptors (Lipinski definition) is 5. The number of nitrogens with zero attached hydrogens (tertiary/aromatic N) is 2. The van der Waals surface area contributed by atoms with Crippen molar-refractivity contribution in [1.29, 1.82) is 0 Å². The van der Waals surface area contributed by atoms with Crippen molar-refractivity contribution in [2.75, 3.05) is 0 Å². The minimum atomic E-state index is -1.57. The molecule has 3 N–H and O–H groups in total. The van der Waals surface area contributed by atoms with Crippen LogP contribution in [0, 0.1) is 0 Å². The number of amides is 1. The van der Waals surface area contributed by atoms with Gasteiger partial charge in [-0.05, 0) is 12.5 Å². The van der Waals surface area contributed by atoms with Crippen LogP contribution in [0.1, 0.15) is 30.3 Å². The van der Waals surface area contributed by atoms with Crippen LogP contribution in [-0.4, -0.2) is 43.9 Å². The van der Waals surface area contributed by atoms with Crippen molar-refractivity contribution >= 4 is 17.8 Å². The molecule has 1 aromatic heterocycles. The van der Waals surface area contributed by atoms with Gasteiger partial charge in [0.05, 0.1) is 6.42 Å². The van der Waals surface area contributed by atoms with Crippen LogP contribution in [0.5, 0.6) is 0 Å². The van der Waals surface area contributed by atoms with E-state index in [4.69, 9.17) is 10.2 Å². The average molecular weight is 297 g/mol. The second kappa shape index (κ2) is 7.17. The van der Waals surface area contributed by atoms with Crippen molar-refractivity contribution < 1.29 is 24.6 Å². The summed E-state index contributed by atoms with van der Waals surface area (Å²) in [5.74, 6) is -3.67. The molecule has 0 spiro atoms. The Morgan fingerprint density at radius 2 is 2.00 bits per heavy atom. The largest absolute Gasteiger partial charge is 0.481 e. The Labute approximate surface area is 119 Å². The monoisotopic (exact) mass is 297 g/mol. The summed E-state index contributed by atoms with van der Waals surface area (Å²) < 4.78 is 1.09. The zero-order chi connectivity index (χ0) is 16.0. The molecule has 1 atom stereocenters. The summed E-state index contributed by atoms with van der Waals surface area (Å²) in [6.07, 6.45) is -0.121. The van der Waals surface area contributed by atoms with E-state index in [1.807, 2.05) is 6.92 Å². The van der Waals surface area contributed by atoms with Crippen LogP contribution in [0.15, 0.2) is 16.9 Å². The Hall–Kier alpha value is -2.71. The highest BCUT2D eigenvalue weighted by Gasteiger charge is 2.24. The SMILES string of the molecule is CCCn1nc(C(=O)NC(CC(=O)O)C(=O)O)ccc1=O. The molecule has 114 valence electrons. The van der Waals surface area contributed by atoms with Crippen LogP contribution in [0.4, 0.5) is 0 Å². The molecule has 0 saturated carbocycles. The molecule has 1 amide bonds. The molecule has 1 aromatic rings. The molecule has 0 fully saturated rings. The first-order valence-electron chi connectivity index (χ1n) is 6.18. The Balaban J connectivity index is 2.92. The van der Waals surface area contributed by atoms with E-state index in [9.17, 15) is 19.2 Å². The molecule has 9 heteroatoms. The van der Waals surface area contributed by atoms with Crippen molar-refractivity contribution in [3.8, 4) is 0 Å². The van der Waals surface area contributed by atoms with Crippen molar-refractivity contribution in [2.45, 2.75) is 32.4 Å². The lowest BCUT2D eigenvalue weighted by atomic mass is 10.2. The van der Waals surface area contributed by atoms with E-state index in [0.717, 1.165) is 16.8 Å². The fourth-order valence-electron chi connectivity index (χ4n) is 1.55. The molecular formula is C12H15N3O6. The standard InChI is InChI=1S/C12H15N3O6/c1-2-5-15-9(16)4-3-7(14-15)11(19)13-8(12(20)21)6-10(17)18/h3-4,8H,2,5-6H2,1H3,(H,13,19)(H,17,18)(H,20,21). The first kappa shape index (κ1) is 16.3. The second-order valence-electron chi connectivity index (χ2n) is 4.24. The first-order valence-corrected chi connectivity index (χ1v) is 6.18. The lowest BCUT2D eigenvalue weighted by Crippen LogP contribution is -2.43. The number of aryl methyl sites for hydroxylation is 1. The smallest absolute Gasteiger partial charge is 0.326 e. The molecule has 0 aliphatic rings. The quantitative estimate of drug-likeness (QED) is 0.605. The number of aromatic nitrogens is 2. The van der Waals surface area contributed by atoms with Crippen molar-refractivity contribution in [3.63, 3.8) is 0 Å². The van der Waals surface area contributed by atoms with E-state index in [1.165, 1.54) is 0 Å². The number of carbonyl (C=O) groups excluding carboxylic acids is 1. The molecule has 0 aliphatic heterocycles. The Morgan fingerprint density at radius 3 is 2.52 bits per heavy atom. The van der Waals surface area contributed by atoms with Gasteiger partial charge in [-0.2, -0.15) is 5.10 Å². The summed E-state index contributed by atoms with van der Waals surface area (Å²) in [5.41, 5.74) is -0.534. The van der Waals surface area contributed by atoms with E-state index < -0.39 is 30.3 Å². The Morgan fingerprint density at radius 1 is 1.33 bits per heavy atom. The lowest BCUT2D eigenvalue weighted by molar-refractivity contribution is -0.145. The van der Waals surface area contributed by atoms with E-state index in [-0.39, 0.29) is 11.3 Å². The predicted molar refractivity (Wildman–Crippen MR) is 69.9 cm³/mol. The number of carboxylic acids is 2. The molecule has 0 saturated heterocycles. The van der Waals surface area contributed by atoms with Crippen LogP contribution in [0.2, 0.25) is 0 Å². The summed E-state index contributed by atoms with van der Waals surface area (Å²) in [6, 6.07) is 0.733. The topological polar surface area (TPSA) is 139 Å². The van der Waals surface area contributed by atoms with Crippen LogP contribution in [0.25, 0.3) is 0 Å². The van der Waals surface area contributed by atoms with Gasteiger partial charge in [0.25, 0.3) is 11.5 Å². The zero-order valence-electron chi connectivity index (χ0n) is 11.3. The minimum Gasteiger partial charge on any atom is -0.481 e. The maximum Gasteiger partial charge on any atom is 0.326 e. The van der Waals surface area contributed by atoms with Gasteiger partial charge in [0.1, 0.15) is 11.7 Å². The zero-order valence-corrected chi connectivity index (χ0v) is 11.3. The van der Waals surface area contributed by atoms with Gasteiger partial charge in [0.15, 0.2) is 0 Å². The second-order valence-corrected chi connectivity index (χ2v) is 4.24. The molecule has 1 unspecified atom stereocenters. The minimum absolute atomic E-state index is 0.153. The maximum absolute atomic E-state index is 11.9. The van der Waals surface area contributed by atoms with E-state index in [2.05, 4.69) is 10.4 Å². The number of rotatable bonds is 7. The molecule has 0 radical (unpaired) electrons. The lowest BCUT2D eigenvalue weighted by Gasteiger charge is -2.12. The third-order valence-corrected chi connectivity index (χ3v) is 2.52. The molecule has 0 aliphatic carbocycles. The number of hydrogen-bond donors (Lipinski definition) is 3. The maximum atomic E-state index is 11.9. The molecule has 0 aromatic carbocycles. The van der Waals surface area contributed by atoms with Gasteiger partial charge in [-0.15, -0.1) is 0 Å². The average Bonchev–Trinajstić information content (AvgIpc) is 2.40. The predicted octanol–water partition coefficient (Wildman–Crippen LogP) is -0.689. The van der Waals surface area contributed by atoms with Crippen LogP contribution < -0.4 is 10.9 Å². The van der Waals surface area contributed by atoms with Crippen molar-refractivity contribution in [1.82, 2.24) is 15.1 Å². The molecule has 1 rings (SSSR count). The van der Waals surface area contributed by atoms with Gasteiger partial charge in [0.2, 0.25) is 0 Å². The normalized spacial score (nSPS) is 11.7. The van der Waals surface area contributed by atoms with Gasteiger partial charge in [-0.3, -0.25) is 14.4 Å². The van der Waals surface area contributed by atoms with Crippen molar-refractivity contribution in [3.05, 3.63) is 28.2 Å². The highest BCUT2D eigenvalue weighted by atomic mass is 16.4. The Kier molecular flexibility index (Phi) is 5.58. The van der Waals surface area contributed by atoms with Crippen molar-refractivity contribution in [2.24, 2.45) is 0 Å². The highest BCUT2D eigenvalue weighted by molar-refractivity contribution is 5.95. The number of aliphatic carboxylic acids is 2. The first-order chi connectivity index (χ1) is 9.85. The number of nitrogens with one attached hydrogen (secondary N) is 1. The van der Waals surface area contributed by atoms with Crippen LogP contribution in [0.3, 0.4) is 0 Å². The molecule has 9 nitrogen and oxygen atoms in total. The van der Waals surface area contributed by atoms with Gasteiger partial charge in [-0.1, -0.05) is 6.92 Å². The Bertz CT molecular complexity index is 609. The number of carbonyl (C=O) groups is 3. The van der Waals surface area contributed by atoms with Gasteiger partial charge < -0.3 is 15.5 Å². The van der Waals surface area contributed by atoms with Gasteiger partial charge in [-0.25, -0.2) is 9.48 Å². The summed E-state index contributed by atoms with van der Waals surface area (Å²) in [5, 5.41) is 23.3. The number of carboxylic acid groups (broad SMARTS) is 2. The third-order valence-electron chi connectivity index (χ3n) is 2.52. The van der Waals surface area contributed by atoms with E-state index in [0.29, 0.717) is 13.0 Å². The summed E-state index contributed by atoms with van der Waals surface area (Å²) in [7, 11) is 0. The fourth-order valence-corrected chi connectivity index (χ4v) is 1.55. The van der Waals surface area contributed by atoms with Gasteiger partial charge in [0, 0.05) is 12.6 Å². The molecule has 1 heterocycles. The van der Waals surface area contributed by atoms with Crippen LogP contribution in [-0.2, 0) is 16.1 Å². The summed E-state index contributed by atoms with van der Waals surface area (Å²) in [6.45, 7) is 2.14. The van der Waals surface area contributed by atoms with E-state index in [1.54, 1.807) is 0 Å². The third kappa shape index (κ3) is 4.71. The van der Waals surface area contributed by atoms with E-state index >= 15 is 0 Å². The molecule has 0 bridgehead atoms. The molecule has 21 heavy (non-hydrogen) atoms. The van der Waals surface area contributed by atoms with Gasteiger partial charge >= 0.3 is 11.9 Å². The fraction of sp³-hybridized carbons (Fsp3) is 0.417. The van der Waals surface area contributed by atoms with Crippen LogP contribution >= 0.6 is 0 Å². The summed E-state index contributed by atoms with van der Waals surface area (Å²) >= 11 is 0. The highest BCUT2D eigenvalue weighted by Crippen LogP contribution is 1.98.